The van der Waals surface area contributed by atoms with Gasteiger partial charge in [-0.2, -0.15) is 0 Å². The number of ether oxygens (including phenoxy) is 1. The molecule has 1 N–H and O–H groups in total. The van der Waals surface area contributed by atoms with Crippen molar-refractivity contribution in [1.82, 2.24) is 10.2 Å². The SMILES string of the molecule is C#CCOc1cccc(CNCCCN(CC)CC)c1.Cl.Cl. The highest BCUT2D eigenvalue weighted by atomic mass is 35.5. The number of nitrogens with zero attached hydrogens (tertiary/aromatic N) is 1. The first-order valence-corrected chi connectivity index (χ1v) is 7.38. The first-order chi connectivity index (χ1) is 9.80. The molecule has 0 saturated heterocycles. The summed E-state index contributed by atoms with van der Waals surface area (Å²) in [4.78, 5) is 2.44. The van der Waals surface area contributed by atoms with Crippen LogP contribution in [-0.2, 0) is 6.54 Å². The van der Waals surface area contributed by atoms with Crippen molar-refractivity contribution in [3.05, 3.63) is 29.8 Å². The fraction of sp³-hybridized carbons (Fsp3) is 0.529. The van der Waals surface area contributed by atoms with E-state index in [4.69, 9.17) is 11.2 Å². The van der Waals surface area contributed by atoms with Crippen LogP contribution in [0.4, 0.5) is 0 Å². The molecule has 1 aromatic rings. The first-order valence-electron chi connectivity index (χ1n) is 7.38. The van der Waals surface area contributed by atoms with Crippen LogP contribution in [0.25, 0.3) is 0 Å². The largest absolute Gasteiger partial charge is 0.481 e. The van der Waals surface area contributed by atoms with Crippen LogP contribution in [0.2, 0.25) is 0 Å². The van der Waals surface area contributed by atoms with Crippen LogP contribution in [0, 0.1) is 12.3 Å². The normalized spacial score (nSPS) is 9.55. The molecule has 0 spiro atoms. The predicted octanol–water partition coefficient (Wildman–Crippen LogP) is 3.36. The number of hydrogen-bond donors (Lipinski definition) is 1. The molecule has 0 radical (unpaired) electrons. The third kappa shape index (κ3) is 9.92. The Balaban J connectivity index is 0. The molecule has 22 heavy (non-hydrogen) atoms. The van der Waals surface area contributed by atoms with Gasteiger partial charge < -0.3 is 15.0 Å². The van der Waals surface area contributed by atoms with E-state index >= 15 is 0 Å². The molecule has 0 saturated carbocycles. The second kappa shape index (κ2) is 15.0. The van der Waals surface area contributed by atoms with Crippen LogP contribution >= 0.6 is 24.8 Å². The van der Waals surface area contributed by atoms with Crippen molar-refractivity contribution < 1.29 is 4.74 Å². The third-order valence-corrected chi connectivity index (χ3v) is 3.27. The van der Waals surface area contributed by atoms with Crippen molar-refractivity contribution in [1.29, 1.82) is 0 Å². The highest BCUT2D eigenvalue weighted by Gasteiger charge is 1.99. The van der Waals surface area contributed by atoms with Crippen LogP contribution in [0.15, 0.2) is 24.3 Å². The van der Waals surface area contributed by atoms with Crippen LogP contribution in [0.3, 0.4) is 0 Å². The second-order valence-corrected chi connectivity index (χ2v) is 4.70. The molecule has 0 unspecified atom stereocenters. The molecule has 5 heteroatoms. The van der Waals surface area contributed by atoms with Crippen molar-refractivity contribution in [2.45, 2.75) is 26.8 Å². The Kier molecular flexibility index (Phi) is 15.9. The summed E-state index contributed by atoms with van der Waals surface area (Å²) in [5, 5.41) is 3.47. The van der Waals surface area contributed by atoms with Crippen molar-refractivity contribution in [3.8, 4) is 18.1 Å². The zero-order valence-corrected chi connectivity index (χ0v) is 15.1. The fourth-order valence-corrected chi connectivity index (χ4v) is 2.07. The summed E-state index contributed by atoms with van der Waals surface area (Å²) < 4.78 is 5.41. The van der Waals surface area contributed by atoms with Gasteiger partial charge in [0.1, 0.15) is 12.4 Å². The molecular weight excluding hydrogens is 319 g/mol. The summed E-state index contributed by atoms with van der Waals surface area (Å²) >= 11 is 0. The Hall–Kier alpha value is -0.920. The predicted molar refractivity (Wildman–Crippen MR) is 99.4 cm³/mol. The molecule has 3 nitrogen and oxygen atoms in total. The molecule has 0 aliphatic carbocycles. The van der Waals surface area contributed by atoms with E-state index < -0.39 is 0 Å². The van der Waals surface area contributed by atoms with E-state index in [1.54, 1.807) is 0 Å². The lowest BCUT2D eigenvalue weighted by Crippen LogP contribution is -2.27. The van der Waals surface area contributed by atoms with Gasteiger partial charge in [0.25, 0.3) is 0 Å². The second-order valence-electron chi connectivity index (χ2n) is 4.70. The van der Waals surface area contributed by atoms with Crippen molar-refractivity contribution in [2.75, 3.05) is 32.8 Å². The molecule has 0 heterocycles. The standard InChI is InChI=1S/C17H26N2O.2ClH/c1-4-13-20-17-10-7-9-16(14-17)15-18-11-8-12-19(5-2)6-3;;/h1,7,9-10,14,18H,5-6,8,11-13,15H2,2-3H3;2*1H. The minimum Gasteiger partial charge on any atom is -0.481 e. The fourth-order valence-electron chi connectivity index (χ4n) is 2.07. The molecule has 0 aliphatic heterocycles. The molecule has 1 rings (SSSR count). The maximum absolute atomic E-state index is 5.41. The summed E-state index contributed by atoms with van der Waals surface area (Å²) in [7, 11) is 0. The Morgan fingerprint density at radius 3 is 2.59 bits per heavy atom. The zero-order chi connectivity index (χ0) is 14.6. The van der Waals surface area contributed by atoms with E-state index in [9.17, 15) is 0 Å². The van der Waals surface area contributed by atoms with E-state index in [1.165, 1.54) is 12.0 Å². The summed E-state index contributed by atoms with van der Waals surface area (Å²) in [5.74, 6) is 3.31. The number of benzene rings is 1. The molecule has 126 valence electrons. The zero-order valence-electron chi connectivity index (χ0n) is 13.5. The number of rotatable bonds is 10. The van der Waals surface area contributed by atoms with Gasteiger partial charge in [0.2, 0.25) is 0 Å². The summed E-state index contributed by atoms with van der Waals surface area (Å²) in [6.07, 6.45) is 6.36. The van der Waals surface area contributed by atoms with Crippen molar-refractivity contribution in [3.63, 3.8) is 0 Å². The highest BCUT2D eigenvalue weighted by Crippen LogP contribution is 2.12. The van der Waals surface area contributed by atoms with Gasteiger partial charge in [-0.1, -0.05) is 31.9 Å². The van der Waals surface area contributed by atoms with E-state index in [-0.39, 0.29) is 24.8 Å². The average molecular weight is 347 g/mol. The average Bonchev–Trinajstić information content (AvgIpc) is 2.49. The maximum Gasteiger partial charge on any atom is 0.148 e. The Morgan fingerprint density at radius 1 is 1.23 bits per heavy atom. The number of halogens is 2. The first kappa shape index (κ1) is 23.3. The molecule has 1 aromatic carbocycles. The lowest BCUT2D eigenvalue weighted by atomic mass is 10.2. The van der Waals surface area contributed by atoms with Gasteiger partial charge >= 0.3 is 0 Å². The molecule has 0 fully saturated rings. The van der Waals surface area contributed by atoms with Crippen molar-refractivity contribution >= 4 is 24.8 Å². The van der Waals surface area contributed by atoms with Crippen LogP contribution in [-0.4, -0.2) is 37.7 Å². The van der Waals surface area contributed by atoms with Crippen LogP contribution < -0.4 is 10.1 Å². The molecule has 0 aromatic heterocycles. The topological polar surface area (TPSA) is 24.5 Å². The van der Waals surface area contributed by atoms with Crippen LogP contribution in [0.1, 0.15) is 25.8 Å². The summed E-state index contributed by atoms with van der Waals surface area (Å²) in [5.41, 5.74) is 1.22. The van der Waals surface area contributed by atoms with Crippen LogP contribution in [0.5, 0.6) is 5.75 Å². The molecular formula is C17H28Cl2N2O. The van der Waals surface area contributed by atoms with Gasteiger partial charge in [-0.25, -0.2) is 0 Å². The molecule has 0 bridgehead atoms. The number of nitrogens with one attached hydrogen (secondary N) is 1. The van der Waals surface area contributed by atoms with Crippen molar-refractivity contribution in [2.24, 2.45) is 0 Å². The third-order valence-electron chi connectivity index (χ3n) is 3.27. The maximum atomic E-state index is 5.41. The van der Waals surface area contributed by atoms with E-state index in [0.717, 1.165) is 38.5 Å². The number of hydrogen-bond acceptors (Lipinski definition) is 3. The minimum absolute atomic E-state index is 0. The van der Waals surface area contributed by atoms with Gasteiger partial charge in [0.05, 0.1) is 0 Å². The lowest BCUT2D eigenvalue weighted by Gasteiger charge is -2.17. The Morgan fingerprint density at radius 2 is 1.95 bits per heavy atom. The van der Waals surface area contributed by atoms with E-state index in [2.05, 4.69) is 36.1 Å². The molecule has 0 aliphatic rings. The lowest BCUT2D eigenvalue weighted by molar-refractivity contribution is 0.298. The Labute approximate surface area is 147 Å². The summed E-state index contributed by atoms with van der Waals surface area (Å²) in [6.45, 7) is 10.1. The quantitative estimate of drug-likeness (QED) is 0.519. The Bertz CT molecular complexity index is 417. The van der Waals surface area contributed by atoms with Gasteiger partial charge in [-0.05, 0) is 50.3 Å². The van der Waals surface area contributed by atoms with Gasteiger partial charge in [0, 0.05) is 6.54 Å². The molecule has 0 amide bonds. The van der Waals surface area contributed by atoms with E-state index in [1.807, 2.05) is 18.2 Å². The van der Waals surface area contributed by atoms with Gasteiger partial charge in [-0.15, -0.1) is 31.2 Å². The van der Waals surface area contributed by atoms with Gasteiger partial charge in [0.15, 0.2) is 0 Å². The molecule has 0 atom stereocenters. The van der Waals surface area contributed by atoms with Gasteiger partial charge in [-0.3, -0.25) is 0 Å². The smallest absolute Gasteiger partial charge is 0.148 e. The summed E-state index contributed by atoms with van der Waals surface area (Å²) in [6, 6.07) is 8.06. The monoisotopic (exact) mass is 346 g/mol. The minimum atomic E-state index is 0. The van der Waals surface area contributed by atoms with E-state index in [0.29, 0.717) is 6.61 Å². The highest BCUT2D eigenvalue weighted by molar-refractivity contribution is 5.85. The number of terminal acetylenes is 1.